The molecular weight excluding hydrogens is 611 g/mol. The summed E-state index contributed by atoms with van der Waals surface area (Å²) in [5.74, 6) is 6.55. The Hall–Kier alpha value is -0.416. The van der Waals surface area contributed by atoms with Gasteiger partial charge in [0.2, 0.25) is 11.8 Å². The van der Waals surface area contributed by atoms with Gasteiger partial charge in [-0.25, -0.2) is 0 Å². The van der Waals surface area contributed by atoms with E-state index in [1.54, 1.807) is 4.90 Å². The van der Waals surface area contributed by atoms with E-state index in [1.165, 1.54) is 89.9 Å². The molecule has 0 spiro atoms. The molecule has 43 heavy (non-hydrogen) atoms. The molecule has 5 nitrogen and oxygen atoms in total. The van der Waals surface area contributed by atoms with Crippen LogP contribution in [0.1, 0.15) is 123 Å². The second kappa shape index (κ2) is 14.6. The van der Waals surface area contributed by atoms with Gasteiger partial charge in [-0.3, -0.25) is 24.1 Å². The molecule has 6 heteroatoms. The van der Waals surface area contributed by atoms with Crippen molar-refractivity contribution >= 4 is 23.4 Å². The van der Waals surface area contributed by atoms with E-state index in [0.717, 1.165) is 37.1 Å². The van der Waals surface area contributed by atoms with Gasteiger partial charge in [-0.05, 0) is 80.5 Å². The van der Waals surface area contributed by atoms with Crippen LogP contribution in [0.15, 0.2) is 0 Å². The summed E-state index contributed by atoms with van der Waals surface area (Å²) >= 11 is 0. The molecule has 1 saturated heterocycles. The van der Waals surface area contributed by atoms with Crippen LogP contribution in [0.2, 0.25) is 0 Å². The van der Waals surface area contributed by atoms with E-state index in [9.17, 15) is 19.2 Å². The molecule has 7 aliphatic carbocycles. The minimum Gasteiger partial charge on any atom is -0.340 e. The fraction of sp³-hybridized carbons (Fsp3) is 0.865. The zero-order valence-electron chi connectivity index (χ0n) is 27.0. The number of carbonyl (C=O) groups is 4. The van der Waals surface area contributed by atoms with E-state index in [-0.39, 0.29) is 86.2 Å². The van der Waals surface area contributed by atoms with Crippen LogP contribution < -0.4 is 0 Å². The molecule has 1 radical (unpaired) electrons. The van der Waals surface area contributed by atoms with E-state index < -0.39 is 0 Å². The van der Waals surface area contributed by atoms with Gasteiger partial charge in [0, 0.05) is 51.1 Å². The number of hydrogen-bond donors (Lipinski definition) is 0. The molecule has 8 fully saturated rings. The molecule has 0 aromatic rings. The minimum atomic E-state index is 0. The Morgan fingerprint density at radius 3 is 1.44 bits per heavy atom. The third-order valence-corrected chi connectivity index (χ3v) is 13.6. The molecule has 7 saturated carbocycles. The molecule has 2 amide bonds. The molecule has 0 aromatic heterocycles. The topological polar surface area (TPSA) is 71.5 Å². The molecule has 12 atom stereocenters. The van der Waals surface area contributed by atoms with Crippen LogP contribution in [0.3, 0.4) is 0 Å². The van der Waals surface area contributed by atoms with Gasteiger partial charge in [-0.1, -0.05) is 77.6 Å². The predicted octanol–water partition coefficient (Wildman–Crippen LogP) is 7.46. The summed E-state index contributed by atoms with van der Waals surface area (Å²) in [7, 11) is 0. The number of carbonyl (C=O) groups excluding carboxylic acids is 4. The van der Waals surface area contributed by atoms with Gasteiger partial charge in [-0.2, -0.15) is 5.92 Å². The quantitative estimate of drug-likeness (QED) is 0.177. The smallest absolute Gasteiger partial charge is 0.233 e. The number of hydrogen-bond acceptors (Lipinski definition) is 4. The van der Waals surface area contributed by atoms with Gasteiger partial charge in [0.1, 0.15) is 11.6 Å². The van der Waals surface area contributed by atoms with Crippen molar-refractivity contribution in [3.8, 4) is 0 Å². The number of rotatable bonds is 4. The first kappa shape index (κ1) is 33.9. The molecule has 8 rings (SSSR count). The molecule has 0 aromatic carbocycles. The first-order valence-electron chi connectivity index (χ1n) is 18.1. The molecular formula is C37H56NO4Y-. The van der Waals surface area contributed by atoms with Crippen molar-refractivity contribution in [1.29, 1.82) is 0 Å². The zero-order chi connectivity index (χ0) is 29.5. The summed E-state index contributed by atoms with van der Waals surface area (Å²) in [5, 5.41) is 0. The summed E-state index contributed by atoms with van der Waals surface area (Å²) in [4.78, 5) is 50.1. The first-order chi connectivity index (χ1) is 20.3. The first-order valence-corrected chi connectivity index (χ1v) is 18.1. The Kier molecular flexibility index (Phi) is 11.5. The minimum absolute atomic E-state index is 0. The van der Waals surface area contributed by atoms with E-state index >= 15 is 0 Å². The SMILES string of the molecule is CCC1CCCCC1CN1C(=O)C2C3CCC(C3)C2C1=O.O=C1CC(=O)C2C3CCC(C3)C12.[CH2-]C1CCCCC1CC.[Y]. The van der Waals surface area contributed by atoms with E-state index in [4.69, 9.17) is 0 Å². The van der Waals surface area contributed by atoms with Gasteiger partial charge in [0.15, 0.2) is 0 Å². The maximum atomic E-state index is 12.8. The fourth-order valence-electron chi connectivity index (χ4n) is 11.4. The fourth-order valence-corrected chi connectivity index (χ4v) is 11.4. The molecule has 12 unspecified atom stereocenters. The number of ketones is 2. The monoisotopic (exact) mass is 667 g/mol. The number of Topliss-reactive ketones (excluding diaryl/α,β-unsaturated/α-hetero) is 2. The Morgan fingerprint density at radius 2 is 1.00 bits per heavy atom. The Bertz CT molecular complexity index is 990. The predicted molar refractivity (Wildman–Crippen MR) is 164 cm³/mol. The van der Waals surface area contributed by atoms with Crippen LogP contribution >= 0.6 is 0 Å². The number of amides is 2. The van der Waals surface area contributed by atoms with Crippen LogP contribution in [-0.2, 0) is 51.9 Å². The third kappa shape index (κ3) is 6.57. The van der Waals surface area contributed by atoms with Gasteiger partial charge >= 0.3 is 0 Å². The molecule has 0 N–H and O–H groups in total. The van der Waals surface area contributed by atoms with E-state index in [0.29, 0.717) is 29.6 Å². The number of likely N-dealkylation sites (tertiary alicyclic amines) is 1. The van der Waals surface area contributed by atoms with Crippen molar-refractivity contribution in [2.24, 2.45) is 71.0 Å². The van der Waals surface area contributed by atoms with Crippen molar-refractivity contribution in [2.75, 3.05) is 6.54 Å². The van der Waals surface area contributed by atoms with E-state index in [2.05, 4.69) is 20.8 Å². The average Bonchev–Trinajstić information content (AvgIpc) is 3.85. The van der Waals surface area contributed by atoms with Crippen LogP contribution in [-0.4, -0.2) is 34.8 Å². The van der Waals surface area contributed by atoms with Crippen molar-refractivity contribution in [1.82, 2.24) is 4.90 Å². The second-order valence-electron chi connectivity index (χ2n) is 15.6. The summed E-state index contributed by atoms with van der Waals surface area (Å²) in [6, 6.07) is 0. The zero-order valence-corrected chi connectivity index (χ0v) is 29.9. The number of nitrogens with zero attached hydrogens (tertiary/aromatic N) is 1. The van der Waals surface area contributed by atoms with Gasteiger partial charge < -0.3 is 6.92 Å². The Morgan fingerprint density at radius 1 is 0.581 bits per heavy atom. The maximum Gasteiger partial charge on any atom is 0.233 e. The van der Waals surface area contributed by atoms with Crippen LogP contribution in [0, 0.1) is 77.9 Å². The molecule has 237 valence electrons. The van der Waals surface area contributed by atoms with Crippen LogP contribution in [0.25, 0.3) is 0 Å². The summed E-state index contributed by atoms with van der Waals surface area (Å²) in [5.41, 5.74) is 0. The molecule has 8 aliphatic rings. The summed E-state index contributed by atoms with van der Waals surface area (Å²) in [6.45, 7) is 9.42. The standard InChI is InChI=1S/C18H27NO2.C10H12O2.C9H17.Y/c1-2-11-5-3-4-6-14(11)10-19-17(20)15-12-7-8-13(9-12)16(15)18(19)21;11-7-4-8(12)10-6-2-1-5(3-6)9(7)10;1-3-9-7-5-4-6-8(9)2;/h11-16H,2-10H2,1H3;5-6,9-10H,1-4H2;8-9H,2-7H2,1H3;/q;;-1;. The molecule has 1 aliphatic heterocycles. The average molecular weight is 668 g/mol. The Labute approximate surface area is 286 Å². The van der Waals surface area contributed by atoms with Crippen LogP contribution in [0.5, 0.6) is 0 Å². The van der Waals surface area contributed by atoms with Crippen molar-refractivity contribution < 1.29 is 51.9 Å². The van der Waals surface area contributed by atoms with Gasteiger partial charge in [-0.15, -0.1) is 0 Å². The van der Waals surface area contributed by atoms with E-state index in [1.807, 2.05) is 0 Å². The summed E-state index contributed by atoms with van der Waals surface area (Å²) < 4.78 is 0. The third-order valence-electron chi connectivity index (χ3n) is 13.6. The second-order valence-corrected chi connectivity index (χ2v) is 15.6. The largest absolute Gasteiger partial charge is 0.340 e. The Balaban J connectivity index is 0.000000142. The molecule has 4 bridgehead atoms. The van der Waals surface area contributed by atoms with Crippen molar-refractivity contribution in [3.05, 3.63) is 6.92 Å². The van der Waals surface area contributed by atoms with Crippen LogP contribution in [0.4, 0.5) is 0 Å². The number of fused-ring (bicyclic) bond motifs is 10. The van der Waals surface area contributed by atoms with Crippen molar-refractivity contribution in [3.63, 3.8) is 0 Å². The van der Waals surface area contributed by atoms with Gasteiger partial charge in [0.05, 0.1) is 18.3 Å². The molecule has 1 heterocycles. The normalized spacial score (nSPS) is 43.9. The number of imide groups is 1. The van der Waals surface area contributed by atoms with Crippen molar-refractivity contribution in [2.45, 2.75) is 123 Å². The summed E-state index contributed by atoms with van der Waals surface area (Å²) in [6.07, 6.45) is 20.6. The van der Waals surface area contributed by atoms with Gasteiger partial charge in [0.25, 0.3) is 0 Å². The maximum absolute atomic E-state index is 12.8.